The number of urea groups is 1. The van der Waals surface area contributed by atoms with Crippen molar-refractivity contribution in [1.29, 1.82) is 5.26 Å². The summed E-state index contributed by atoms with van der Waals surface area (Å²) < 4.78 is 41.6. The molecule has 2 heterocycles. The lowest BCUT2D eigenvalue weighted by molar-refractivity contribution is 0.160. The molecule has 1 fully saturated rings. The van der Waals surface area contributed by atoms with Gasteiger partial charge in [0.2, 0.25) is 0 Å². The number of carbonyl (C=O) groups is 1. The topological polar surface area (TPSA) is 59.4 Å². The van der Waals surface area contributed by atoms with E-state index in [1.54, 1.807) is 18.2 Å². The van der Waals surface area contributed by atoms with E-state index in [0.717, 1.165) is 49.7 Å². The number of fused-ring (bicyclic) bond motifs is 2. The van der Waals surface area contributed by atoms with Gasteiger partial charge in [0.15, 0.2) is 0 Å². The lowest BCUT2D eigenvalue weighted by Gasteiger charge is -2.40. The van der Waals surface area contributed by atoms with Crippen molar-refractivity contribution in [2.75, 3.05) is 29.9 Å². The molecule has 8 heteroatoms. The van der Waals surface area contributed by atoms with E-state index in [0.29, 0.717) is 23.9 Å². The summed E-state index contributed by atoms with van der Waals surface area (Å²) in [6, 6.07) is 16.5. The maximum Gasteiger partial charge on any atom is 0.326 e. The molecular weight excluding hydrogens is 453 g/mol. The fraction of sp³-hybridized carbons (Fsp3) is 0.259. The Bertz CT molecular complexity index is 1310. The van der Waals surface area contributed by atoms with Crippen LogP contribution in [0.1, 0.15) is 29.5 Å². The molecule has 2 aliphatic heterocycles. The van der Waals surface area contributed by atoms with Gasteiger partial charge in [-0.25, -0.2) is 18.0 Å². The van der Waals surface area contributed by atoms with Crippen LogP contribution < -0.4 is 10.2 Å². The smallest absolute Gasteiger partial charge is 0.305 e. The summed E-state index contributed by atoms with van der Waals surface area (Å²) in [6.07, 6.45) is 1.46. The summed E-state index contributed by atoms with van der Waals surface area (Å²) in [6.45, 7) is 2.62. The van der Waals surface area contributed by atoms with Crippen LogP contribution in [0.3, 0.4) is 0 Å². The van der Waals surface area contributed by atoms with Crippen LogP contribution in [0.5, 0.6) is 0 Å². The quantitative estimate of drug-likeness (QED) is 0.538. The lowest BCUT2D eigenvalue weighted by atomic mass is 9.74. The highest BCUT2D eigenvalue weighted by Gasteiger charge is 2.46. The second kappa shape index (κ2) is 9.08. The number of likely N-dealkylation sites (tertiary alicyclic amines) is 1. The molecule has 0 aromatic heterocycles. The monoisotopic (exact) mass is 476 g/mol. The van der Waals surface area contributed by atoms with E-state index >= 15 is 0 Å². The number of carbonyl (C=O) groups excluding carboxylic acids is 1. The highest BCUT2D eigenvalue weighted by molar-refractivity contribution is 6.03. The van der Waals surface area contributed by atoms with Gasteiger partial charge >= 0.3 is 6.03 Å². The third-order valence-corrected chi connectivity index (χ3v) is 7.00. The molecule has 0 bridgehead atoms. The maximum absolute atomic E-state index is 14.3. The maximum atomic E-state index is 14.3. The minimum Gasteiger partial charge on any atom is -0.305 e. The molecule has 1 spiro atoms. The molecule has 2 aliphatic rings. The van der Waals surface area contributed by atoms with Gasteiger partial charge < -0.3 is 5.32 Å². The summed E-state index contributed by atoms with van der Waals surface area (Å²) in [4.78, 5) is 16.9. The standard InChI is InChI=1S/C27H23F3N4O/c28-20-6-8-25-22(13-20)27(17-34(25)26(35)32-24-7-5-21(29)14-23(24)30)9-11-33(12-10-27)16-19-3-1-18(15-31)2-4-19/h1-8,13-14H,9-12,16-17H2,(H,32,35). The number of hydrogen-bond donors (Lipinski definition) is 1. The van der Waals surface area contributed by atoms with E-state index in [9.17, 15) is 18.0 Å². The van der Waals surface area contributed by atoms with Crippen LogP contribution in [0, 0.1) is 28.8 Å². The second-order valence-corrected chi connectivity index (χ2v) is 9.17. The minimum absolute atomic E-state index is 0.113. The molecule has 0 radical (unpaired) electrons. The first-order valence-electron chi connectivity index (χ1n) is 11.4. The van der Waals surface area contributed by atoms with Gasteiger partial charge in [0.25, 0.3) is 0 Å². The van der Waals surface area contributed by atoms with E-state index in [1.807, 2.05) is 12.1 Å². The molecule has 0 aliphatic carbocycles. The fourth-order valence-electron chi connectivity index (χ4n) is 5.11. The number of nitriles is 1. The van der Waals surface area contributed by atoms with E-state index in [1.165, 1.54) is 23.1 Å². The molecule has 3 aromatic carbocycles. The Morgan fingerprint density at radius 1 is 0.971 bits per heavy atom. The largest absolute Gasteiger partial charge is 0.326 e. The van der Waals surface area contributed by atoms with Gasteiger partial charge in [0.1, 0.15) is 17.5 Å². The van der Waals surface area contributed by atoms with Gasteiger partial charge in [0, 0.05) is 30.3 Å². The number of anilines is 2. The van der Waals surface area contributed by atoms with E-state index in [2.05, 4.69) is 16.3 Å². The Morgan fingerprint density at radius 3 is 2.34 bits per heavy atom. The van der Waals surface area contributed by atoms with Crippen LogP contribution in [0.15, 0.2) is 60.7 Å². The molecule has 0 atom stereocenters. The van der Waals surface area contributed by atoms with Crippen molar-refractivity contribution in [2.45, 2.75) is 24.8 Å². The van der Waals surface area contributed by atoms with Crippen molar-refractivity contribution in [3.63, 3.8) is 0 Å². The molecular formula is C27H23F3N4O. The second-order valence-electron chi connectivity index (χ2n) is 9.17. The number of nitrogens with one attached hydrogen (secondary N) is 1. The molecule has 178 valence electrons. The number of nitrogens with zero attached hydrogens (tertiary/aromatic N) is 3. The van der Waals surface area contributed by atoms with Gasteiger partial charge in [0.05, 0.1) is 17.3 Å². The highest BCUT2D eigenvalue weighted by atomic mass is 19.1. The van der Waals surface area contributed by atoms with Gasteiger partial charge in [-0.05, 0) is 79.5 Å². The van der Waals surface area contributed by atoms with E-state index < -0.39 is 23.1 Å². The zero-order valence-corrected chi connectivity index (χ0v) is 18.9. The van der Waals surface area contributed by atoms with E-state index in [-0.39, 0.29) is 11.5 Å². The van der Waals surface area contributed by atoms with Gasteiger partial charge in [-0.3, -0.25) is 9.80 Å². The van der Waals surface area contributed by atoms with Gasteiger partial charge in [-0.2, -0.15) is 5.26 Å². The number of halogens is 3. The summed E-state index contributed by atoms with van der Waals surface area (Å²) in [5.41, 5.74) is 2.60. The molecule has 0 saturated carbocycles. The molecule has 3 aromatic rings. The van der Waals surface area contributed by atoms with Crippen molar-refractivity contribution < 1.29 is 18.0 Å². The minimum atomic E-state index is -0.859. The lowest BCUT2D eigenvalue weighted by Crippen LogP contribution is -2.46. The van der Waals surface area contributed by atoms with Crippen LogP contribution in [-0.2, 0) is 12.0 Å². The average molecular weight is 477 g/mol. The predicted octanol–water partition coefficient (Wildman–Crippen LogP) is 5.56. The first-order chi connectivity index (χ1) is 16.9. The zero-order valence-electron chi connectivity index (χ0n) is 18.9. The Balaban J connectivity index is 1.33. The van der Waals surface area contributed by atoms with Crippen LogP contribution in [0.2, 0.25) is 0 Å². The average Bonchev–Trinajstić information content (AvgIpc) is 3.16. The summed E-state index contributed by atoms with van der Waals surface area (Å²) in [7, 11) is 0. The third kappa shape index (κ3) is 4.47. The first-order valence-corrected chi connectivity index (χ1v) is 11.4. The molecule has 1 saturated heterocycles. The van der Waals surface area contributed by atoms with Crippen molar-refractivity contribution in [3.05, 3.63) is 94.8 Å². The normalized spacial score (nSPS) is 16.7. The van der Waals surface area contributed by atoms with Crippen molar-refractivity contribution in [3.8, 4) is 6.07 Å². The highest BCUT2D eigenvalue weighted by Crippen LogP contribution is 2.47. The molecule has 35 heavy (non-hydrogen) atoms. The number of piperidine rings is 1. The molecule has 2 amide bonds. The number of rotatable bonds is 3. The number of hydrogen-bond acceptors (Lipinski definition) is 3. The molecule has 0 unspecified atom stereocenters. The summed E-state index contributed by atoms with van der Waals surface area (Å²) in [5, 5.41) is 11.5. The first kappa shape index (κ1) is 22.9. The van der Waals surface area contributed by atoms with Crippen LogP contribution in [0.25, 0.3) is 0 Å². The number of benzene rings is 3. The van der Waals surface area contributed by atoms with Gasteiger partial charge in [-0.15, -0.1) is 0 Å². The Kier molecular flexibility index (Phi) is 5.95. The zero-order chi connectivity index (χ0) is 24.6. The summed E-state index contributed by atoms with van der Waals surface area (Å²) >= 11 is 0. The van der Waals surface area contributed by atoms with Crippen molar-refractivity contribution in [1.82, 2.24) is 4.90 Å². The van der Waals surface area contributed by atoms with E-state index in [4.69, 9.17) is 5.26 Å². The summed E-state index contributed by atoms with van der Waals surface area (Å²) in [5.74, 6) is -1.95. The number of amides is 2. The van der Waals surface area contributed by atoms with Crippen LogP contribution in [-0.4, -0.2) is 30.6 Å². The van der Waals surface area contributed by atoms with Crippen LogP contribution in [0.4, 0.5) is 29.3 Å². The Labute approximate surface area is 201 Å². The van der Waals surface area contributed by atoms with Crippen molar-refractivity contribution >= 4 is 17.4 Å². The van der Waals surface area contributed by atoms with Crippen molar-refractivity contribution in [2.24, 2.45) is 0 Å². The molecule has 5 rings (SSSR count). The SMILES string of the molecule is N#Cc1ccc(CN2CCC3(CC2)CN(C(=O)Nc2ccc(F)cc2F)c2ccc(F)cc23)cc1. The van der Waals surface area contributed by atoms with Gasteiger partial charge in [-0.1, -0.05) is 12.1 Å². The fourth-order valence-corrected chi connectivity index (χ4v) is 5.11. The molecule has 5 nitrogen and oxygen atoms in total. The van der Waals surface area contributed by atoms with Crippen LogP contribution >= 0.6 is 0 Å². The molecule has 1 N–H and O–H groups in total. The predicted molar refractivity (Wildman–Crippen MR) is 126 cm³/mol. The third-order valence-electron chi connectivity index (χ3n) is 7.00. The Hall–Kier alpha value is -3.83. The Morgan fingerprint density at radius 2 is 1.66 bits per heavy atom.